The molecule has 0 saturated carbocycles. The number of fused-ring (bicyclic) bond motifs is 2. The van der Waals surface area contributed by atoms with Crippen LogP contribution in [-0.4, -0.2) is 5.43 Å². The molecule has 42 heavy (non-hydrogen) atoms. The number of hydrogen-bond acceptors (Lipinski definition) is 0. The van der Waals surface area contributed by atoms with Gasteiger partial charge in [-0.3, -0.25) is 0 Å². The van der Waals surface area contributed by atoms with Crippen molar-refractivity contribution >= 4 is 49.4 Å². The van der Waals surface area contributed by atoms with Gasteiger partial charge >= 0.3 is 266 Å². The maximum atomic E-state index is 3.85. The third-order valence-corrected chi connectivity index (χ3v) is 29.5. The van der Waals surface area contributed by atoms with Gasteiger partial charge in [0.15, 0.2) is 0 Å². The van der Waals surface area contributed by atoms with E-state index in [0.29, 0.717) is 7.25 Å². The Morgan fingerprint density at radius 1 is 0.571 bits per heavy atom. The quantitative estimate of drug-likeness (QED) is 0.216. The van der Waals surface area contributed by atoms with Crippen LogP contribution >= 0.6 is 31.9 Å². The first kappa shape index (κ1) is 33.9. The van der Waals surface area contributed by atoms with Gasteiger partial charge in [0.25, 0.3) is 0 Å². The van der Waals surface area contributed by atoms with Gasteiger partial charge in [0, 0.05) is 0 Å². The van der Waals surface area contributed by atoms with Gasteiger partial charge in [-0.05, 0) is 0 Å². The van der Waals surface area contributed by atoms with Crippen molar-refractivity contribution in [2.75, 3.05) is 0 Å². The third-order valence-electron chi connectivity index (χ3n) is 8.65. The molecule has 0 spiro atoms. The van der Waals surface area contributed by atoms with E-state index in [-0.39, 0.29) is 24.8 Å². The van der Waals surface area contributed by atoms with Crippen molar-refractivity contribution in [2.45, 2.75) is 47.0 Å². The van der Waals surface area contributed by atoms with E-state index in [1.165, 1.54) is 42.3 Å². The molecule has 2 aliphatic rings. The predicted molar refractivity (Wildman–Crippen MR) is 179 cm³/mol. The van der Waals surface area contributed by atoms with Gasteiger partial charge < -0.3 is 24.8 Å². The first-order chi connectivity index (χ1) is 19.4. The van der Waals surface area contributed by atoms with Crippen LogP contribution in [0.5, 0.6) is 0 Å². The zero-order valence-corrected chi connectivity index (χ0v) is 32.5. The van der Waals surface area contributed by atoms with E-state index in [1.54, 1.807) is 22.3 Å². The normalized spacial score (nSPS) is 16.2. The minimum atomic E-state index is -2.15. The fourth-order valence-corrected chi connectivity index (χ4v) is 28.6. The average molecular weight is 817 g/mol. The van der Waals surface area contributed by atoms with Crippen molar-refractivity contribution in [2.24, 2.45) is 0 Å². The topological polar surface area (TPSA) is 0 Å². The number of allylic oxidation sites excluding steroid dienone is 2. The molecule has 0 saturated heterocycles. The van der Waals surface area contributed by atoms with Crippen LogP contribution in [0.2, 0.25) is 13.1 Å². The van der Waals surface area contributed by atoms with Gasteiger partial charge in [0.1, 0.15) is 0 Å². The van der Waals surface area contributed by atoms with Gasteiger partial charge in [-0.15, -0.1) is 0 Å². The van der Waals surface area contributed by atoms with Crippen molar-refractivity contribution in [3.05, 3.63) is 127 Å². The Labute approximate surface area is 288 Å². The van der Waals surface area contributed by atoms with Crippen LogP contribution in [0.4, 0.5) is 0 Å². The number of halogens is 4. The third kappa shape index (κ3) is 5.99. The standard InChI is InChI=1S/2C17H14Br.C2H6Si.2ClH.Zr/c2*1-2-12-10-13-6-5-8-14(16(13)11-12)15-7-3-4-9-17(15)18;1-3-2;;;/h2*3-11H,2H2,1H3;1-2H3;2*1H;/q;;;;;+2/p-2. The molecule has 2 aliphatic carbocycles. The summed E-state index contributed by atoms with van der Waals surface area (Å²) in [4.78, 5) is 0. The van der Waals surface area contributed by atoms with Crippen LogP contribution in [0.1, 0.15) is 56.2 Å². The van der Waals surface area contributed by atoms with E-state index in [1.807, 2.05) is 0 Å². The van der Waals surface area contributed by atoms with Gasteiger partial charge in [0.05, 0.1) is 0 Å². The molecule has 0 aromatic heterocycles. The van der Waals surface area contributed by atoms with Gasteiger partial charge in [-0.2, -0.15) is 0 Å². The molecule has 4 aromatic carbocycles. The molecular weight excluding hydrogens is 782 g/mol. The van der Waals surface area contributed by atoms with Crippen molar-refractivity contribution in [1.82, 2.24) is 0 Å². The predicted octanol–water partition coefficient (Wildman–Crippen LogP) is 5.82. The van der Waals surface area contributed by atoms with E-state index in [9.17, 15) is 0 Å². The first-order valence-electron chi connectivity index (χ1n) is 14.3. The van der Waals surface area contributed by atoms with Crippen LogP contribution in [0.15, 0.2) is 105 Å². The summed E-state index contributed by atoms with van der Waals surface area (Å²) in [6.07, 6.45) is 7.44. The second-order valence-corrected chi connectivity index (χ2v) is 30.6. The molecule has 0 radical (unpaired) electrons. The Morgan fingerprint density at radius 2 is 0.952 bits per heavy atom. The van der Waals surface area contributed by atoms with Crippen LogP contribution in [-0.2, 0) is 20.4 Å². The van der Waals surface area contributed by atoms with Crippen molar-refractivity contribution < 1.29 is 45.2 Å². The molecule has 2 atom stereocenters. The molecule has 0 amide bonds. The average Bonchev–Trinajstić information content (AvgIpc) is 3.52. The van der Waals surface area contributed by atoms with E-state index < -0.39 is 25.8 Å². The second kappa shape index (κ2) is 14.4. The summed E-state index contributed by atoms with van der Waals surface area (Å²) in [6.45, 7) is 10.0. The summed E-state index contributed by atoms with van der Waals surface area (Å²) in [5.41, 5.74) is 14.4. The maximum Gasteiger partial charge on any atom is -1.00 e. The van der Waals surface area contributed by atoms with Crippen molar-refractivity contribution in [3.8, 4) is 22.3 Å². The van der Waals surface area contributed by atoms with Gasteiger partial charge in [-0.25, -0.2) is 0 Å². The van der Waals surface area contributed by atoms with Crippen LogP contribution in [0, 0.1) is 0 Å². The SMILES string of the molecule is CCC1=Cc2c(-c3ccccc3Br)cccc2[CH]1[Zr+2]([CH]1C(CC)=Cc2c(-c3ccccc3Br)cccc21)=[Si](C)C.[Cl-].[Cl-]. The van der Waals surface area contributed by atoms with E-state index in [4.69, 9.17) is 0 Å². The largest absolute Gasteiger partial charge is 1.00 e. The summed E-state index contributed by atoms with van der Waals surface area (Å²) in [5.74, 6) is 0. The van der Waals surface area contributed by atoms with Crippen molar-refractivity contribution in [1.29, 1.82) is 0 Å². The van der Waals surface area contributed by atoms with Crippen LogP contribution in [0.25, 0.3) is 34.4 Å². The first-order valence-corrected chi connectivity index (χ1v) is 24.9. The molecule has 0 bridgehead atoms. The zero-order valence-electron chi connectivity index (χ0n) is 24.3. The summed E-state index contributed by atoms with van der Waals surface area (Å²) in [7, 11) is 0. The monoisotopic (exact) mass is 812 g/mol. The minimum absolute atomic E-state index is 0. The Morgan fingerprint density at radius 3 is 1.31 bits per heavy atom. The number of rotatable bonds is 6. The summed E-state index contributed by atoms with van der Waals surface area (Å²) < 4.78 is 3.64. The van der Waals surface area contributed by atoms with Crippen LogP contribution in [0.3, 0.4) is 0 Å². The number of benzene rings is 4. The summed E-state index contributed by atoms with van der Waals surface area (Å²) in [5, 5.41) is 0. The van der Waals surface area contributed by atoms with Gasteiger partial charge in [-0.1, -0.05) is 0 Å². The molecule has 0 heterocycles. The Kier molecular flexibility index (Phi) is 11.6. The molecular formula is C36H34Br2Cl2SiZr. The number of hydrogen-bond donors (Lipinski definition) is 0. The Bertz CT molecular complexity index is 1620. The van der Waals surface area contributed by atoms with E-state index in [0.717, 1.165) is 12.8 Å². The molecule has 0 nitrogen and oxygen atoms in total. The van der Waals surface area contributed by atoms with Crippen molar-refractivity contribution in [3.63, 3.8) is 0 Å². The summed E-state index contributed by atoms with van der Waals surface area (Å²) in [6, 6.07) is 31.6. The van der Waals surface area contributed by atoms with E-state index >= 15 is 0 Å². The summed E-state index contributed by atoms with van der Waals surface area (Å²) >= 11 is 5.54. The fourth-order valence-electron chi connectivity index (χ4n) is 6.85. The second-order valence-electron chi connectivity index (χ2n) is 11.0. The molecule has 2 unspecified atom stereocenters. The zero-order chi connectivity index (χ0) is 28.0. The smallest absolute Gasteiger partial charge is 1.00 e. The van der Waals surface area contributed by atoms with E-state index in [2.05, 4.69) is 156 Å². The Balaban J connectivity index is 0.00000202. The molecule has 214 valence electrons. The van der Waals surface area contributed by atoms with Gasteiger partial charge in [0.2, 0.25) is 0 Å². The minimum Gasteiger partial charge on any atom is -1.00 e. The van der Waals surface area contributed by atoms with Crippen LogP contribution < -0.4 is 24.8 Å². The molecule has 4 aromatic rings. The molecule has 6 rings (SSSR count). The fraction of sp³-hybridized carbons (Fsp3) is 0.222. The molecule has 0 N–H and O–H groups in total. The molecule has 6 heteroatoms. The molecule has 0 fully saturated rings. The molecule has 0 aliphatic heterocycles. The maximum absolute atomic E-state index is 3.85. The Hall–Kier alpha value is -1.000.